The quantitative estimate of drug-likeness (QED) is 0.872. The maximum Gasteiger partial charge on any atom is 0.165 e. The summed E-state index contributed by atoms with van der Waals surface area (Å²) in [5.41, 5.74) is 7.14. The van der Waals surface area contributed by atoms with Crippen LogP contribution in [0.15, 0.2) is 18.2 Å². The molecule has 0 radical (unpaired) electrons. The molecule has 2 unspecified atom stereocenters. The van der Waals surface area contributed by atoms with Gasteiger partial charge in [0.25, 0.3) is 0 Å². The smallest absolute Gasteiger partial charge is 0.165 e. The summed E-state index contributed by atoms with van der Waals surface area (Å²) < 4.78 is 19.5. The molecule has 1 aliphatic rings. The Labute approximate surface area is 108 Å². The van der Waals surface area contributed by atoms with Gasteiger partial charge in [-0.3, -0.25) is 0 Å². The van der Waals surface area contributed by atoms with E-state index < -0.39 is 0 Å². The average molecular weight is 251 g/mol. The highest BCUT2D eigenvalue weighted by atomic mass is 19.1. The van der Waals surface area contributed by atoms with Gasteiger partial charge in [-0.05, 0) is 43.9 Å². The second-order valence-corrected chi connectivity index (χ2v) is 5.25. The fourth-order valence-corrected chi connectivity index (χ4v) is 2.49. The molecule has 0 spiro atoms. The van der Waals surface area contributed by atoms with Crippen molar-refractivity contribution in [3.63, 3.8) is 0 Å². The minimum Gasteiger partial charge on any atom is -0.486 e. The van der Waals surface area contributed by atoms with E-state index >= 15 is 0 Å². The van der Waals surface area contributed by atoms with Crippen LogP contribution in [0.4, 0.5) is 4.39 Å². The summed E-state index contributed by atoms with van der Waals surface area (Å²) in [5, 5.41) is 0. The van der Waals surface area contributed by atoms with Crippen molar-refractivity contribution < 1.29 is 9.13 Å². The lowest BCUT2D eigenvalue weighted by Crippen LogP contribution is -2.39. The maximum absolute atomic E-state index is 13.7. The Morgan fingerprint density at radius 2 is 1.89 bits per heavy atom. The number of hydrogen-bond donors (Lipinski definition) is 1. The Morgan fingerprint density at radius 3 is 2.67 bits per heavy atom. The van der Waals surface area contributed by atoms with Crippen molar-refractivity contribution in [2.75, 3.05) is 0 Å². The van der Waals surface area contributed by atoms with Crippen molar-refractivity contribution in [3.05, 3.63) is 29.6 Å². The van der Waals surface area contributed by atoms with E-state index in [1.54, 1.807) is 12.1 Å². The summed E-state index contributed by atoms with van der Waals surface area (Å²) in [5.74, 6) is 0.0471. The van der Waals surface area contributed by atoms with Crippen molar-refractivity contribution in [3.8, 4) is 5.75 Å². The van der Waals surface area contributed by atoms with Crippen LogP contribution in [0.25, 0.3) is 0 Å². The first-order valence-corrected chi connectivity index (χ1v) is 6.85. The largest absolute Gasteiger partial charge is 0.486 e. The van der Waals surface area contributed by atoms with Crippen LogP contribution in [0.2, 0.25) is 0 Å². The lowest BCUT2D eigenvalue weighted by Gasteiger charge is -2.27. The van der Waals surface area contributed by atoms with E-state index in [0.717, 1.165) is 31.2 Å². The second-order valence-electron chi connectivity index (χ2n) is 5.25. The predicted octanol–water partition coefficient (Wildman–Crippen LogP) is 3.56. The molecular formula is C15H22FNO. The second kappa shape index (κ2) is 6.19. The van der Waals surface area contributed by atoms with Gasteiger partial charge in [-0.1, -0.05) is 25.3 Å². The maximum atomic E-state index is 13.7. The van der Waals surface area contributed by atoms with Gasteiger partial charge < -0.3 is 10.5 Å². The van der Waals surface area contributed by atoms with Crippen molar-refractivity contribution in [2.24, 2.45) is 5.73 Å². The number of aryl methyl sites for hydroxylation is 1. The van der Waals surface area contributed by atoms with Crippen LogP contribution in [0.3, 0.4) is 0 Å². The molecule has 1 aromatic rings. The summed E-state index contributed by atoms with van der Waals surface area (Å²) in [4.78, 5) is 0. The monoisotopic (exact) mass is 251 g/mol. The number of hydrogen-bond acceptors (Lipinski definition) is 2. The number of benzene rings is 1. The molecule has 0 amide bonds. The summed E-state index contributed by atoms with van der Waals surface area (Å²) in [6, 6.07) is 4.98. The highest BCUT2D eigenvalue weighted by Gasteiger charge is 2.22. The third kappa shape index (κ3) is 3.45. The summed E-state index contributed by atoms with van der Waals surface area (Å²) in [7, 11) is 0. The summed E-state index contributed by atoms with van der Waals surface area (Å²) >= 11 is 0. The zero-order valence-corrected chi connectivity index (χ0v) is 11.0. The topological polar surface area (TPSA) is 35.2 Å². The Balaban J connectivity index is 2.07. The highest BCUT2D eigenvalue weighted by molar-refractivity contribution is 5.29. The molecule has 2 atom stereocenters. The number of nitrogens with two attached hydrogens (primary N) is 1. The van der Waals surface area contributed by atoms with Gasteiger partial charge in [-0.15, -0.1) is 0 Å². The number of rotatable bonds is 2. The van der Waals surface area contributed by atoms with Crippen molar-refractivity contribution in [1.82, 2.24) is 0 Å². The third-order valence-corrected chi connectivity index (χ3v) is 3.62. The molecule has 1 aromatic carbocycles. The van der Waals surface area contributed by atoms with Crippen LogP contribution in [0, 0.1) is 12.7 Å². The summed E-state index contributed by atoms with van der Waals surface area (Å²) in [6.45, 7) is 1.93. The minimum atomic E-state index is -0.296. The molecule has 0 aliphatic heterocycles. The van der Waals surface area contributed by atoms with Gasteiger partial charge in [0.2, 0.25) is 0 Å². The van der Waals surface area contributed by atoms with Gasteiger partial charge >= 0.3 is 0 Å². The lowest BCUT2D eigenvalue weighted by molar-refractivity contribution is 0.139. The molecule has 3 heteroatoms. The Hall–Kier alpha value is -1.09. The van der Waals surface area contributed by atoms with Crippen LogP contribution in [-0.4, -0.2) is 12.1 Å². The van der Waals surface area contributed by atoms with Gasteiger partial charge in [0.15, 0.2) is 11.6 Å². The van der Waals surface area contributed by atoms with E-state index in [4.69, 9.17) is 10.5 Å². The van der Waals surface area contributed by atoms with E-state index in [1.165, 1.54) is 18.9 Å². The molecule has 1 fully saturated rings. The third-order valence-electron chi connectivity index (χ3n) is 3.62. The molecule has 100 valence electrons. The van der Waals surface area contributed by atoms with Crippen molar-refractivity contribution in [2.45, 2.75) is 57.6 Å². The average Bonchev–Trinajstić information content (AvgIpc) is 2.33. The van der Waals surface area contributed by atoms with Gasteiger partial charge in [-0.2, -0.15) is 0 Å². The Kier molecular flexibility index (Phi) is 4.59. The number of halogens is 1. The van der Waals surface area contributed by atoms with Crippen LogP contribution in [0.5, 0.6) is 5.75 Å². The fraction of sp³-hybridized carbons (Fsp3) is 0.600. The Bertz CT molecular complexity index is 394. The van der Waals surface area contributed by atoms with E-state index in [2.05, 4.69) is 0 Å². The highest BCUT2D eigenvalue weighted by Crippen LogP contribution is 2.24. The SMILES string of the molecule is Cc1ccc(F)c(OC2CCCCCCC2N)c1. The molecule has 0 heterocycles. The predicted molar refractivity (Wildman–Crippen MR) is 71.2 cm³/mol. The molecule has 0 aromatic heterocycles. The van der Waals surface area contributed by atoms with E-state index in [1.807, 2.05) is 6.92 Å². The first-order chi connectivity index (χ1) is 8.66. The van der Waals surface area contributed by atoms with Gasteiger partial charge in [0.05, 0.1) is 0 Å². The van der Waals surface area contributed by atoms with Crippen molar-refractivity contribution >= 4 is 0 Å². The molecule has 0 saturated heterocycles. The van der Waals surface area contributed by atoms with Crippen LogP contribution >= 0.6 is 0 Å². The first-order valence-electron chi connectivity index (χ1n) is 6.85. The standard InChI is InChI=1S/C15H22FNO/c1-11-8-9-12(16)15(10-11)18-14-7-5-3-2-4-6-13(14)17/h8-10,13-14H,2-7,17H2,1H3. The van der Waals surface area contributed by atoms with Gasteiger partial charge in [0.1, 0.15) is 6.10 Å². The molecular weight excluding hydrogens is 229 g/mol. The summed E-state index contributed by atoms with van der Waals surface area (Å²) in [6.07, 6.45) is 6.58. The minimum absolute atomic E-state index is 0.0187. The normalized spacial score (nSPS) is 25.3. The van der Waals surface area contributed by atoms with Gasteiger partial charge in [0, 0.05) is 6.04 Å². The molecule has 0 bridgehead atoms. The molecule has 2 N–H and O–H groups in total. The van der Waals surface area contributed by atoms with Crippen LogP contribution in [-0.2, 0) is 0 Å². The van der Waals surface area contributed by atoms with E-state index in [9.17, 15) is 4.39 Å². The van der Waals surface area contributed by atoms with Crippen molar-refractivity contribution in [1.29, 1.82) is 0 Å². The number of ether oxygens (including phenoxy) is 1. The first kappa shape index (κ1) is 13.3. The molecule has 1 aliphatic carbocycles. The molecule has 2 rings (SSSR count). The van der Waals surface area contributed by atoms with Crippen LogP contribution < -0.4 is 10.5 Å². The molecule has 18 heavy (non-hydrogen) atoms. The molecule has 1 saturated carbocycles. The zero-order chi connectivity index (χ0) is 13.0. The zero-order valence-electron chi connectivity index (χ0n) is 11.0. The lowest BCUT2D eigenvalue weighted by atomic mass is 9.95. The fourth-order valence-electron chi connectivity index (χ4n) is 2.49. The molecule has 2 nitrogen and oxygen atoms in total. The van der Waals surface area contributed by atoms with E-state index in [-0.39, 0.29) is 18.0 Å². The van der Waals surface area contributed by atoms with Crippen LogP contribution in [0.1, 0.15) is 44.1 Å². The van der Waals surface area contributed by atoms with E-state index in [0.29, 0.717) is 5.75 Å². The Morgan fingerprint density at radius 1 is 1.17 bits per heavy atom. The van der Waals surface area contributed by atoms with Gasteiger partial charge in [-0.25, -0.2) is 4.39 Å².